The zero-order chi connectivity index (χ0) is 24.6. The maximum absolute atomic E-state index is 13.7. The van der Waals surface area contributed by atoms with Gasteiger partial charge in [-0.1, -0.05) is 6.92 Å². The van der Waals surface area contributed by atoms with E-state index in [0.717, 1.165) is 0 Å². The van der Waals surface area contributed by atoms with Gasteiger partial charge in [0.1, 0.15) is 29.5 Å². The van der Waals surface area contributed by atoms with Crippen LogP contribution in [0.25, 0.3) is 22.3 Å². The molecule has 35 heavy (non-hydrogen) atoms. The Kier molecular flexibility index (Phi) is 5.73. The van der Waals surface area contributed by atoms with Crippen molar-refractivity contribution in [3.8, 4) is 11.3 Å². The first-order chi connectivity index (χ1) is 16.8. The number of nitrogens with zero attached hydrogens (tertiary/aromatic N) is 6. The molecule has 3 aromatic heterocycles. The van der Waals surface area contributed by atoms with E-state index in [1.165, 1.54) is 18.5 Å². The molecule has 0 amide bonds. The lowest BCUT2D eigenvalue weighted by Gasteiger charge is -2.23. The van der Waals surface area contributed by atoms with E-state index in [0.29, 0.717) is 29.7 Å². The lowest BCUT2D eigenvalue weighted by atomic mass is 10.1. The number of pyridine rings is 1. The quantitative estimate of drug-likeness (QED) is 0.345. The van der Waals surface area contributed by atoms with E-state index in [4.69, 9.17) is 0 Å². The second-order valence-electron chi connectivity index (χ2n) is 8.54. The summed E-state index contributed by atoms with van der Waals surface area (Å²) in [6.07, 6.45) is -0.833. The average Bonchev–Trinajstić information content (AvgIpc) is 3.45. The maximum atomic E-state index is 13.7. The Morgan fingerprint density at radius 3 is 2.46 bits per heavy atom. The van der Waals surface area contributed by atoms with Crippen molar-refractivity contribution in [1.82, 2.24) is 29.7 Å². The Labute approximate surface area is 197 Å². The third-order valence-electron chi connectivity index (χ3n) is 6.03. The number of hydrogen-bond acceptors (Lipinski definition) is 7. The molecule has 1 aromatic carbocycles. The Hall–Kier alpha value is -3.83. The van der Waals surface area contributed by atoms with E-state index in [9.17, 15) is 17.6 Å². The number of rotatable bonds is 8. The molecule has 4 aromatic rings. The summed E-state index contributed by atoms with van der Waals surface area (Å²) in [6.45, 7) is 2.45. The van der Waals surface area contributed by atoms with Gasteiger partial charge in [0.05, 0.1) is 17.8 Å². The molecule has 5 rings (SSSR count). The van der Waals surface area contributed by atoms with Gasteiger partial charge in [-0.15, -0.1) is 0 Å². The summed E-state index contributed by atoms with van der Waals surface area (Å²) in [5.41, 5.74) is -0.359. The van der Waals surface area contributed by atoms with Gasteiger partial charge in [0.15, 0.2) is 5.82 Å². The molecule has 0 bridgehead atoms. The maximum Gasteiger partial charge on any atom is 0.411 e. The Morgan fingerprint density at radius 2 is 1.83 bits per heavy atom. The molecular weight excluding hydrogens is 464 g/mol. The topological polar surface area (TPSA) is 93.4 Å². The number of anilines is 2. The van der Waals surface area contributed by atoms with Crippen molar-refractivity contribution >= 4 is 22.8 Å². The fourth-order valence-electron chi connectivity index (χ4n) is 3.79. The smallest absolute Gasteiger partial charge is 0.354 e. The first-order valence-electron chi connectivity index (χ1n) is 11.1. The predicted octanol–water partition coefficient (Wildman–Crippen LogP) is 4.82. The van der Waals surface area contributed by atoms with Crippen molar-refractivity contribution in [1.29, 1.82) is 0 Å². The second-order valence-corrected chi connectivity index (χ2v) is 8.54. The fraction of sp³-hybridized carbons (Fsp3) is 0.348. The Bertz CT molecular complexity index is 1320. The van der Waals surface area contributed by atoms with Crippen LogP contribution in [0.1, 0.15) is 26.2 Å². The summed E-state index contributed by atoms with van der Waals surface area (Å²) < 4.78 is 56.2. The highest BCUT2D eigenvalue weighted by Gasteiger charge is 2.64. The fourth-order valence-corrected chi connectivity index (χ4v) is 3.79. The first kappa shape index (κ1) is 22.9. The van der Waals surface area contributed by atoms with Gasteiger partial charge in [-0.05, 0) is 55.7 Å². The Morgan fingerprint density at radius 1 is 1.06 bits per heavy atom. The lowest BCUT2D eigenvalue weighted by molar-refractivity contribution is -0.151. The SMILES string of the molecule is CCC(Cn1cncn1)Nc1nc(NC2(C(F)(F)F)CC2)c2nc(-c3ccc(F)cc3)ccc2n1. The number of fused-ring (bicyclic) bond motifs is 1. The zero-order valence-corrected chi connectivity index (χ0v) is 18.7. The van der Waals surface area contributed by atoms with E-state index < -0.39 is 17.5 Å². The molecule has 0 spiro atoms. The molecule has 12 heteroatoms. The van der Waals surface area contributed by atoms with Crippen LogP contribution >= 0.6 is 0 Å². The van der Waals surface area contributed by atoms with Crippen LogP contribution < -0.4 is 10.6 Å². The lowest BCUT2D eigenvalue weighted by Crippen LogP contribution is -2.39. The van der Waals surface area contributed by atoms with Crippen LogP contribution in [0, 0.1) is 5.82 Å². The largest absolute Gasteiger partial charge is 0.411 e. The molecule has 0 aliphatic heterocycles. The normalized spacial score (nSPS) is 15.7. The van der Waals surface area contributed by atoms with Crippen molar-refractivity contribution in [2.45, 2.75) is 50.5 Å². The van der Waals surface area contributed by atoms with Gasteiger partial charge in [-0.2, -0.15) is 23.3 Å². The van der Waals surface area contributed by atoms with Crippen LogP contribution in [0.2, 0.25) is 0 Å². The third kappa shape index (κ3) is 4.73. The number of nitrogens with one attached hydrogen (secondary N) is 2. The van der Waals surface area contributed by atoms with Crippen LogP contribution in [0.5, 0.6) is 0 Å². The summed E-state index contributed by atoms with van der Waals surface area (Å²) in [5, 5.41) is 9.90. The van der Waals surface area contributed by atoms with Gasteiger partial charge in [0, 0.05) is 11.6 Å². The van der Waals surface area contributed by atoms with Crippen LogP contribution in [-0.2, 0) is 6.54 Å². The molecular formula is C23H22F4N8. The predicted molar refractivity (Wildman–Crippen MR) is 122 cm³/mol. The summed E-state index contributed by atoms with van der Waals surface area (Å²) in [5.74, 6) is -0.221. The molecule has 1 atom stereocenters. The van der Waals surface area contributed by atoms with Gasteiger partial charge in [0.2, 0.25) is 5.95 Å². The molecule has 1 saturated carbocycles. The highest BCUT2D eigenvalue weighted by atomic mass is 19.4. The number of aromatic nitrogens is 6. The summed E-state index contributed by atoms with van der Waals surface area (Å²) in [7, 11) is 0. The van der Waals surface area contributed by atoms with Crippen molar-refractivity contribution in [2.24, 2.45) is 0 Å². The van der Waals surface area contributed by atoms with E-state index >= 15 is 0 Å². The first-order valence-corrected chi connectivity index (χ1v) is 11.1. The molecule has 1 aliphatic carbocycles. The summed E-state index contributed by atoms with van der Waals surface area (Å²) in [4.78, 5) is 17.4. The molecule has 182 valence electrons. The van der Waals surface area contributed by atoms with Gasteiger partial charge in [-0.25, -0.2) is 19.3 Å². The average molecular weight is 486 g/mol. The van der Waals surface area contributed by atoms with E-state index in [1.807, 2.05) is 6.92 Å². The highest BCUT2D eigenvalue weighted by molar-refractivity contribution is 5.88. The van der Waals surface area contributed by atoms with Crippen LogP contribution in [0.4, 0.5) is 29.3 Å². The molecule has 2 N–H and O–H groups in total. The van der Waals surface area contributed by atoms with E-state index in [1.54, 1.807) is 35.3 Å². The monoisotopic (exact) mass is 486 g/mol. The zero-order valence-electron chi connectivity index (χ0n) is 18.7. The van der Waals surface area contributed by atoms with Crippen molar-refractivity contribution in [2.75, 3.05) is 10.6 Å². The van der Waals surface area contributed by atoms with Crippen LogP contribution in [0.3, 0.4) is 0 Å². The van der Waals surface area contributed by atoms with Crippen molar-refractivity contribution in [3.05, 3.63) is 54.9 Å². The number of benzene rings is 1. The molecule has 1 unspecified atom stereocenters. The van der Waals surface area contributed by atoms with Crippen molar-refractivity contribution in [3.63, 3.8) is 0 Å². The van der Waals surface area contributed by atoms with E-state index in [-0.39, 0.29) is 36.2 Å². The highest BCUT2D eigenvalue weighted by Crippen LogP contribution is 2.51. The molecule has 1 fully saturated rings. The minimum atomic E-state index is -4.44. The standard InChI is InChI=1S/C23H22F4N8/c1-2-16(11-35-13-28-12-29-35)30-21-32-18-8-7-17(14-3-5-15(24)6-4-14)31-19(18)20(33-21)34-22(9-10-22)23(25,26)27/h3-8,12-13,16H,2,9-11H2,1H3,(H2,30,32,33,34). The molecule has 8 nitrogen and oxygen atoms in total. The number of halogens is 4. The van der Waals surface area contributed by atoms with Gasteiger partial charge in [0.25, 0.3) is 0 Å². The molecule has 0 saturated heterocycles. The minimum absolute atomic E-state index is 0.00750. The second kappa shape index (κ2) is 8.75. The molecule has 0 radical (unpaired) electrons. The van der Waals surface area contributed by atoms with Crippen LogP contribution in [0.15, 0.2) is 49.1 Å². The van der Waals surface area contributed by atoms with Crippen LogP contribution in [-0.4, -0.2) is 47.5 Å². The van der Waals surface area contributed by atoms with E-state index in [2.05, 4.69) is 35.7 Å². The number of alkyl halides is 3. The van der Waals surface area contributed by atoms with Gasteiger partial charge < -0.3 is 10.6 Å². The minimum Gasteiger partial charge on any atom is -0.354 e. The Balaban J connectivity index is 1.54. The molecule has 1 aliphatic rings. The van der Waals surface area contributed by atoms with Crippen molar-refractivity contribution < 1.29 is 17.6 Å². The van der Waals surface area contributed by atoms with Gasteiger partial charge in [-0.3, -0.25) is 4.68 Å². The van der Waals surface area contributed by atoms with Gasteiger partial charge >= 0.3 is 6.18 Å². The third-order valence-corrected chi connectivity index (χ3v) is 6.03. The number of hydrogen-bond donors (Lipinski definition) is 2. The summed E-state index contributed by atoms with van der Waals surface area (Å²) in [6, 6.07) is 8.94. The summed E-state index contributed by atoms with van der Waals surface area (Å²) >= 11 is 0. The molecule has 3 heterocycles.